The summed E-state index contributed by atoms with van der Waals surface area (Å²) in [6.07, 6.45) is -1.43. The third-order valence-corrected chi connectivity index (χ3v) is 4.68. The molecule has 0 aromatic heterocycles. The molecule has 0 bridgehead atoms. The first kappa shape index (κ1) is 16.5. The summed E-state index contributed by atoms with van der Waals surface area (Å²) in [5.41, 5.74) is -0.765. The molecular formula is C12H22N2O6S. The van der Waals surface area contributed by atoms with Crippen molar-refractivity contribution in [1.82, 2.24) is 9.21 Å². The number of amides is 1. The highest BCUT2D eigenvalue weighted by molar-refractivity contribution is 7.85. The van der Waals surface area contributed by atoms with E-state index in [-0.39, 0.29) is 0 Å². The van der Waals surface area contributed by atoms with E-state index in [1.165, 1.54) is 0 Å². The lowest BCUT2D eigenvalue weighted by Crippen LogP contribution is -2.45. The lowest BCUT2D eigenvalue weighted by molar-refractivity contribution is 0.0350. The van der Waals surface area contributed by atoms with E-state index in [2.05, 4.69) is 0 Å². The Labute approximate surface area is 125 Å². The highest BCUT2D eigenvalue weighted by Crippen LogP contribution is 2.32. The molecule has 122 valence electrons. The highest BCUT2D eigenvalue weighted by atomic mass is 32.2. The Kier molecular flexibility index (Phi) is 4.48. The van der Waals surface area contributed by atoms with Gasteiger partial charge in [-0.2, -0.15) is 12.7 Å². The van der Waals surface area contributed by atoms with Crippen LogP contribution in [0.4, 0.5) is 4.79 Å². The van der Waals surface area contributed by atoms with Crippen LogP contribution in [0.25, 0.3) is 0 Å². The molecule has 2 heterocycles. The summed E-state index contributed by atoms with van der Waals surface area (Å²) in [6, 6.07) is -0.540. The van der Waals surface area contributed by atoms with Gasteiger partial charge in [0.1, 0.15) is 11.7 Å². The molecule has 0 aliphatic carbocycles. The van der Waals surface area contributed by atoms with Crippen LogP contribution in [-0.4, -0.2) is 74.8 Å². The second kappa shape index (κ2) is 5.71. The van der Waals surface area contributed by atoms with E-state index < -0.39 is 34.1 Å². The number of hydrogen-bond donors (Lipinski definition) is 0. The SMILES string of the molecule is COCCN1C[C@@H]2OS(=O)(=O)N(C(=O)OC(C)(C)C)[C@@H]2C1. The minimum absolute atomic E-state index is 0.423. The van der Waals surface area contributed by atoms with E-state index >= 15 is 0 Å². The lowest BCUT2D eigenvalue weighted by atomic mass is 10.2. The number of fused-ring (bicyclic) bond motifs is 1. The largest absolute Gasteiger partial charge is 0.443 e. The van der Waals surface area contributed by atoms with Crippen molar-refractivity contribution in [2.24, 2.45) is 0 Å². The van der Waals surface area contributed by atoms with E-state index in [0.717, 1.165) is 4.31 Å². The fourth-order valence-corrected chi connectivity index (χ4v) is 3.81. The zero-order valence-corrected chi connectivity index (χ0v) is 13.6. The fourth-order valence-electron chi connectivity index (χ4n) is 2.46. The van der Waals surface area contributed by atoms with Gasteiger partial charge < -0.3 is 9.47 Å². The second-order valence-corrected chi connectivity index (χ2v) is 7.63. The molecule has 2 fully saturated rings. The van der Waals surface area contributed by atoms with Crippen LogP contribution in [0, 0.1) is 0 Å². The predicted molar refractivity (Wildman–Crippen MR) is 74.0 cm³/mol. The highest BCUT2D eigenvalue weighted by Gasteiger charge is 2.54. The lowest BCUT2D eigenvalue weighted by Gasteiger charge is -2.26. The number of methoxy groups -OCH3 is 1. The van der Waals surface area contributed by atoms with Gasteiger partial charge in [0.15, 0.2) is 0 Å². The Hall–Kier alpha value is -0.900. The van der Waals surface area contributed by atoms with Crippen LogP contribution in [0.15, 0.2) is 0 Å². The van der Waals surface area contributed by atoms with Gasteiger partial charge in [0, 0.05) is 26.7 Å². The molecule has 8 nitrogen and oxygen atoms in total. The average Bonchev–Trinajstić information content (AvgIpc) is 2.75. The maximum atomic E-state index is 12.1. The molecule has 2 atom stereocenters. The molecule has 0 aromatic rings. The summed E-state index contributed by atoms with van der Waals surface area (Å²) in [6.45, 7) is 7.13. The Bertz CT molecular complexity index is 500. The predicted octanol–water partition coefficient (Wildman–Crippen LogP) is 0.198. The fraction of sp³-hybridized carbons (Fsp3) is 0.917. The van der Waals surface area contributed by atoms with Gasteiger partial charge in [-0.15, -0.1) is 0 Å². The normalized spacial score (nSPS) is 28.7. The molecule has 0 unspecified atom stereocenters. The van der Waals surface area contributed by atoms with Crippen LogP contribution in [-0.2, 0) is 24.0 Å². The quantitative estimate of drug-likeness (QED) is 0.733. The number of nitrogens with zero attached hydrogens (tertiary/aromatic N) is 2. The Morgan fingerprint density at radius 3 is 2.57 bits per heavy atom. The minimum Gasteiger partial charge on any atom is -0.443 e. The summed E-state index contributed by atoms with van der Waals surface area (Å²) < 4.78 is 39.9. The average molecular weight is 322 g/mol. The van der Waals surface area contributed by atoms with Crippen molar-refractivity contribution in [3.8, 4) is 0 Å². The van der Waals surface area contributed by atoms with Crippen molar-refractivity contribution in [3.63, 3.8) is 0 Å². The van der Waals surface area contributed by atoms with Gasteiger partial charge in [0.2, 0.25) is 0 Å². The maximum Gasteiger partial charge on any atom is 0.426 e. The molecule has 0 aromatic carbocycles. The molecule has 1 amide bonds. The number of ether oxygens (including phenoxy) is 2. The number of likely N-dealkylation sites (tertiary alicyclic amines) is 1. The number of rotatable bonds is 3. The summed E-state index contributed by atoms with van der Waals surface area (Å²) in [5, 5.41) is 0. The molecule has 2 saturated heterocycles. The van der Waals surface area contributed by atoms with E-state index in [1.807, 2.05) is 4.90 Å². The third-order valence-electron chi connectivity index (χ3n) is 3.28. The summed E-state index contributed by atoms with van der Waals surface area (Å²) in [5.74, 6) is 0. The third kappa shape index (κ3) is 3.65. The second-order valence-electron chi connectivity index (χ2n) is 6.19. The van der Waals surface area contributed by atoms with Gasteiger partial charge in [0.05, 0.1) is 12.6 Å². The van der Waals surface area contributed by atoms with Crippen molar-refractivity contribution in [2.45, 2.75) is 38.5 Å². The summed E-state index contributed by atoms with van der Waals surface area (Å²) in [7, 11) is -2.46. The van der Waals surface area contributed by atoms with Crippen molar-refractivity contribution >= 4 is 16.4 Å². The van der Waals surface area contributed by atoms with Gasteiger partial charge in [-0.3, -0.25) is 4.90 Å². The minimum atomic E-state index is -4.06. The number of carbonyl (C=O) groups is 1. The molecule has 0 saturated carbocycles. The van der Waals surface area contributed by atoms with Crippen LogP contribution in [0.3, 0.4) is 0 Å². The maximum absolute atomic E-state index is 12.1. The van der Waals surface area contributed by atoms with E-state index in [1.54, 1.807) is 27.9 Å². The first-order valence-electron chi connectivity index (χ1n) is 6.81. The zero-order chi connectivity index (χ0) is 15.8. The van der Waals surface area contributed by atoms with Gasteiger partial charge in [0.25, 0.3) is 0 Å². The molecule has 2 rings (SSSR count). The molecule has 21 heavy (non-hydrogen) atoms. The Morgan fingerprint density at radius 2 is 2.00 bits per heavy atom. The van der Waals surface area contributed by atoms with Crippen LogP contribution < -0.4 is 0 Å². The topological polar surface area (TPSA) is 85.4 Å². The van der Waals surface area contributed by atoms with Gasteiger partial charge in [-0.05, 0) is 20.8 Å². The first-order valence-corrected chi connectivity index (χ1v) is 8.17. The molecule has 0 spiro atoms. The summed E-state index contributed by atoms with van der Waals surface area (Å²) in [4.78, 5) is 14.1. The molecule has 0 radical (unpaired) electrons. The van der Waals surface area contributed by atoms with Crippen LogP contribution in [0.5, 0.6) is 0 Å². The van der Waals surface area contributed by atoms with Crippen LogP contribution >= 0.6 is 0 Å². The van der Waals surface area contributed by atoms with Crippen molar-refractivity contribution in [3.05, 3.63) is 0 Å². The van der Waals surface area contributed by atoms with E-state index in [0.29, 0.717) is 26.2 Å². The van der Waals surface area contributed by atoms with E-state index in [4.69, 9.17) is 13.7 Å². The number of carbonyl (C=O) groups excluding carboxylic acids is 1. The van der Waals surface area contributed by atoms with Crippen LogP contribution in [0.1, 0.15) is 20.8 Å². The molecule has 9 heteroatoms. The Morgan fingerprint density at radius 1 is 1.33 bits per heavy atom. The molecule has 2 aliphatic heterocycles. The van der Waals surface area contributed by atoms with Crippen molar-refractivity contribution in [1.29, 1.82) is 0 Å². The van der Waals surface area contributed by atoms with Gasteiger partial charge in [-0.1, -0.05) is 0 Å². The van der Waals surface area contributed by atoms with Crippen LogP contribution in [0.2, 0.25) is 0 Å². The zero-order valence-electron chi connectivity index (χ0n) is 12.7. The van der Waals surface area contributed by atoms with Crippen molar-refractivity contribution < 1.29 is 26.9 Å². The molecule has 2 aliphatic rings. The summed E-state index contributed by atoms with van der Waals surface area (Å²) >= 11 is 0. The standard InChI is InChI=1S/C12H22N2O6S/c1-12(2,3)19-11(15)14-9-7-13(5-6-18-4)8-10(9)20-21(14,16)17/h9-10H,5-8H2,1-4H3/t9-,10+/m1/s1. The van der Waals surface area contributed by atoms with Crippen molar-refractivity contribution in [2.75, 3.05) is 33.4 Å². The first-order chi connectivity index (χ1) is 9.64. The monoisotopic (exact) mass is 322 g/mol. The van der Waals surface area contributed by atoms with Gasteiger partial charge >= 0.3 is 16.4 Å². The van der Waals surface area contributed by atoms with Gasteiger partial charge in [-0.25, -0.2) is 8.98 Å². The molecule has 0 N–H and O–H groups in total. The van der Waals surface area contributed by atoms with E-state index in [9.17, 15) is 13.2 Å². The number of hydrogen-bond acceptors (Lipinski definition) is 7. The molecular weight excluding hydrogens is 300 g/mol. The Balaban J connectivity index is 2.10. The smallest absolute Gasteiger partial charge is 0.426 e.